The summed E-state index contributed by atoms with van der Waals surface area (Å²) in [6.07, 6.45) is 5.97. The van der Waals surface area contributed by atoms with Crippen LogP contribution >= 0.6 is 0 Å². The summed E-state index contributed by atoms with van der Waals surface area (Å²) in [7, 11) is 3.81. The molecule has 0 aromatic carbocycles. The van der Waals surface area contributed by atoms with E-state index in [9.17, 15) is 0 Å². The maximum absolute atomic E-state index is 5.08. The van der Waals surface area contributed by atoms with Gasteiger partial charge in [-0.05, 0) is 12.8 Å². The van der Waals surface area contributed by atoms with Crippen molar-refractivity contribution < 1.29 is 4.74 Å². The largest absolute Gasteiger partial charge is 0.385 e. The summed E-state index contributed by atoms with van der Waals surface area (Å²) in [6.45, 7) is 8.48. The Morgan fingerprint density at radius 3 is 2.91 bits per heavy atom. The number of hydrogen-bond donors (Lipinski definition) is 1. The first kappa shape index (κ1) is 19.4. The number of aromatic nitrogens is 3. The van der Waals surface area contributed by atoms with E-state index in [0.29, 0.717) is 0 Å². The fourth-order valence-corrected chi connectivity index (χ4v) is 2.23. The van der Waals surface area contributed by atoms with Crippen LogP contribution in [0.15, 0.2) is 11.3 Å². The Morgan fingerprint density at radius 2 is 2.22 bits per heavy atom. The van der Waals surface area contributed by atoms with Gasteiger partial charge in [0.1, 0.15) is 12.2 Å². The molecule has 0 unspecified atom stereocenters. The van der Waals surface area contributed by atoms with E-state index in [1.54, 1.807) is 13.4 Å². The van der Waals surface area contributed by atoms with Crippen LogP contribution in [0.2, 0.25) is 0 Å². The van der Waals surface area contributed by atoms with E-state index < -0.39 is 0 Å². The molecule has 0 radical (unpaired) electrons. The Balaban J connectivity index is 2.50. The van der Waals surface area contributed by atoms with Gasteiger partial charge < -0.3 is 19.5 Å². The number of rotatable bonds is 11. The predicted octanol–water partition coefficient (Wildman–Crippen LogP) is 1.55. The van der Waals surface area contributed by atoms with Gasteiger partial charge in [0.25, 0.3) is 0 Å². The summed E-state index contributed by atoms with van der Waals surface area (Å²) in [5, 5.41) is 11.5. The van der Waals surface area contributed by atoms with E-state index in [1.807, 2.05) is 0 Å². The second kappa shape index (κ2) is 11.9. The van der Waals surface area contributed by atoms with Crippen LogP contribution in [-0.4, -0.2) is 66.0 Å². The molecule has 1 aromatic rings. The third kappa shape index (κ3) is 7.45. The Morgan fingerprint density at radius 1 is 1.39 bits per heavy atom. The predicted molar refractivity (Wildman–Crippen MR) is 93.7 cm³/mol. The minimum Gasteiger partial charge on any atom is -0.385 e. The van der Waals surface area contributed by atoms with Crippen molar-refractivity contribution >= 4 is 5.96 Å². The Bertz CT molecular complexity index is 446. The molecule has 0 amide bonds. The van der Waals surface area contributed by atoms with Crippen molar-refractivity contribution in [1.82, 2.24) is 25.0 Å². The molecule has 0 aliphatic carbocycles. The third-order valence-corrected chi connectivity index (χ3v) is 3.62. The summed E-state index contributed by atoms with van der Waals surface area (Å²) in [5.74, 6) is 1.98. The number of ether oxygens (including phenoxy) is 1. The van der Waals surface area contributed by atoms with Crippen LogP contribution in [0.4, 0.5) is 0 Å². The van der Waals surface area contributed by atoms with Crippen molar-refractivity contribution in [3.63, 3.8) is 0 Å². The first-order valence-electron chi connectivity index (χ1n) is 8.57. The van der Waals surface area contributed by atoms with E-state index in [2.05, 4.69) is 50.9 Å². The SMILES string of the molecule is CCCCN(C)C(=NCCCOC)NCCn1cnnc1CC. The van der Waals surface area contributed by atoms with E-state index in [0.717, 1.165) is 57.4 Å². The number of unbranched alkanes of at least 4 members (excludes halogenated alkanes) is 1. The Hall–Kier alpha value is -1.63. The molecule has 0 bridgehead atoms. The molecule has 0 spiro atoms. The van der Waals surface area contributed by atoms with Gasteiger partial charge in [-0.3, -0.25) is 4.99 Å². The lowest BCUT2D eigenvalue weighted by molar-refractivity contribution is 0.197. The lowest BCUT2D eigenvalue weighted by Crippen LogP contribution is -2.41. The van der Waals surface area contributed by atoms with Gasteiger partial charge in [-0.2, -0.15) is 0 Å². The van der Waals surface area contributed by atoms with Crippen LogP contribution in [0.5, 0.6) is 0 Å². The Kier molecular flexibility index (Phi) is 10.0. The zero-order chi connectivity index (χ0) is 16.9. The molecule has 0 fully saturated rings. The smallest absolute Gasteiger partial charge is 0.193 e. The van der Waals surface area contributed by atoms with Gasteiger partial charge in [0.15, 0.2) is 5.96 Å². The Labute approximate surface area is 140 Å². The molecule has 0 atom stereocenters. The second-order valence-corrected chi connectivity index (χ2v) is 5.55. The number of nitrogens with zero attached hydrogens (tertiary/aromatic N) is 5. The molecule has 0 saturated carbocycles. The number of aryl methyl sites for hydroxylation is 1. The highest BCUT2D eigenvalue weighted by atomic mass is 16.5. The average Bonchev–Trinajstić information content (AvgIpc) is 3.02. The van der Waals surface area contributed by atoms with Crippen molar-refractivity contribution in [2.75, 3.05) is 40.4 Å². The first-order chi connectivity index (χ1) is 11.2. The summed E-state index contributed by atoms with van der Waals surface area (Å²) in [4.78, 5) is 6.88. The van der Waals surface area contributed by atoms with Gasteiger partial charge in [0.05, 0.1) is 0 Å². The number of hydrogen-bond acceptors (Lipinski definition) is 4. The van der Waals surface area contributed by atoms with Crippen LogP contribution in [0.3, 0.4) is 0 Å². The maximum atomic E-state index is 5.08. The maximum Gasteiger partial charge on any atom is 0.193 e. The molecule has 7 heteroatoms. The standard InChI is InChI=1S/C16H32N6O/c1-5-7-11-21(3)16(17-9-8-13-23-4)18-10-12-22-14-19-20-15(22)6-2/h14H,5-13H2,1-4H3,(H,17,18). The molecule has 7 nitrogen and oxygen atoms in total. The van der Waals surface area contributed by atoms with Crippen LogP contribution in [0.1, 0.15) is 38.9 Å². The second-order valence-electron chi connectivity index (χ2n) is 5.55. The van der Waals surface area contributed by atoms with Crippen molar-refractivity contribution in [3.05, 3.63) is 12.2 Å². The highest BCUT2D eigenvalue weighted by molar-refractivity contribution is 5.79. The molecule has 0 aliphatic rings. The van der Waals surface area contributed by atoms with Gasteiger partial charge in [-0.25, -0.2) is 0 Å². The lowest BCUT2D eigenvalue weighted by Gasteiger charge is -2.22. The molecule has 23 heavy (non-hydrogen) atoms. The number of methoxy groups -OCH3 is 1. The summed E-state index contributed by atoms with van der Waals surface area (Å²) in [6, 6.07) is 0. The van der Waals surface area contributed by atoms with Gasteiger partial charge in [-0.1, -0.05) is 20.3 Å². The van der Waals surface area contributed by atoms with Gasteiger partial charge in [-0.15, -0.1) is 10.2 Å². The molecule has 132 valence electrons. The monoisotopic (exact) mass is 324 g/mol. The van der Waals surface area contributed by atoms with Crippen LogP contribution in [0.25, 0.3) is 0 Å². The summed E-state index contributed by atoms with van der Waals surface area (Å²) < 4.78 is 7.17. The summed E-state index contributed by atoms with van der Waals surface area (Å²) >= 11 is 0. The first-order valence-corrected chi connectivity index (χ1v) is 8.57. The third-order valence-electron chi connectivity index (χ3n) is 3.62. The highest BCUT2D eigenvalue weighted by Gasteiger charge is 2.06. The van der Waals surface area contributed by atoms with E-state index >= 15 is 0 Å². The molecule has 1 aromatic heterocycles. The van der Waals surface area contributed by atoms with Crippen molar-refractivity contribution in [1.29, 1.82) is 0 Å². The molecule has 0 saturated heterocycles. The molecular weight excluding hydrogens is 292 g/mol. The van der Waals surface area contributed by atoms with E-state index in [1.165, 1.54) is 12.8 Å². The quantitative estimate of drug-likeness (QED) is 0.380. The molecule has 1 N–H and O–H groups in total. The average molecular weight is 324 g/mol. The minimum absolute atomic E-state index is 0.746. The highest BCUT2D eigenvalue weighted by Crippen LogP contribution is 1.97. The number of aliphatic imine (C=N–C) groups is 1. The summed E-state index contributed by atoms with van der Waals surface area (Å²) in [5.41, 5.74) is 0. The fraction of sp³-hybridized carbons (Fsp3) is 0.812. The van der Waals surface area contributed by atoms with Crippen LogP contribution in [-0.2, 0) is 17.7 Å². The molecular formula is C16H32N6O. The van der Waals surface area contributed by atoms with Gasteiger partial charge in [0, 0.05) is 53.4 Å². The van der Waals surface area contributed by atoms with Crippen molar-refractivity contribution in [2.45, 2.75) is 46.1 Å². The van der Waals surface area contributed by atoms with E-state index in [-0.39, 0.29) is 0 Å². The van der Waals surface area contributed by atoms with Crippen LogP contribution < -0.4 is 5.32 Å². The van der Waals surface area contributed by atoms with Gasteiger partial charge in [0.2, 0.25) is 0 Å². The number of nitrogens with one attached hydrogen (secondary N) is 1. The zero-order valence-electron chi connectivity index (χ0n) is 15.1. The lowest BCUT2D eigenvalue weighted by atomic mass is 10.3. The fourth-order valence-electron chi connectivity index (χ4n) is 2.23. The minimum atomic E-state index is 0.746. The molecule has 1 heterocycles. The van der Waals surface area contributed by atoms with E-state index in [4.69, 9.17) is 4.74 Å². The zero-order valence-corrected chi connectivity index (χ0v) is 15.1. The van der Waals surface area contributed by atoms with Crippen molar-refractivity contribution in [2.24, 2.45) is 4.99 Å². The molecule has 0 aliphatic heterocycles. The van der Waals surface area contributed by atoms with Crippen LogP contribution in [0, 0.1) is 0 Å². The number of guanidine groups is 1. The van der Waals surface area contributed by atoms with Crippen molar-refractivity contribution in [3.8, 4) is 0 Å². The van der Waals surface area contributed by atoms with Gasteiger partial charge >= 0.3 is 0 Å². The molecule has 1 rings (SSSR count). The topological polar surface area (TPSA) is 67.6 Å². The normalized spacial score (nSPS) is 11.7.